The van der Waals surface area contributed by atoms with Crippen molar-refractivity contribution in [1.29, 1.82) is 0 Å². The van der Waals surface area contributed by atoms with Gasteiger partial charge >= 0.3 is 0 Å². The first-order valence-corrected chi connectivity index (χ1v) is 7.30. The Bertz CT molecular complexity index is 654. The van der Waals surface area contributed by atoms with Gasteiger partial charge in [0.25, 0.3) is 0 Å². The van der Waals surface area contributed by atoms with E-state index in [0.717, 1.165) is 30.0 Å². The molecule has 0 atom stereocenters. The van der Waals surface area contributed by atoms with Gasteiger partial charge in [-0.2, -0.15) is 0 Å². The number of nitrogens with zero attached hydrogens (tertiary/aromatic N) is 1. The van der Waals surface area contributed by atoms with E-state index in [1.54, 1.807) is 0 Å². The van der Waals surface area contributed by atoms with Crippen molar-refractivity contribution in [2.24, 2.45) is 4.99 Å². The van der Waals surface area contributed by atoms with E-state index in [4.69, 9.17) is 9.73 Å². The van der Waals surface area contributed by atoms with E-state index < -0.39 is 0 Å². The monoisotopic (exact) mass is 263 g/mol. The van der Waals surface area contributed by atoms with Crippen LogP contribution in [0, 0.1) is 0 Å². The SMILES string of the molecule is c1ccc(C2=Nc3ccccc3C3(CCCC3)O2)cc1. The maximum atomic E-state index is 6.40. The van der Waals surface area contributed by atoms with Gasteiger partial charge in [0.05, 0.1) is 5.69 Å². The molecule has 0 radical (unpaired) electrons. The Balaban J connectivity index is 1.86. The zero-order valence-electron chi connectivity index (χ0n) is 11.4. The predicted molar refractivity (Wildman–Crippen MR) is 80.3 cm³/mol. The number of aliphatic imine (C=N–C) groups is 1. The third kappa shape index (κ3) is 1.75. The summed E-state index contributed by atoms with van der Waals surface area (Å²) >= 11 is 0. The van der Waals surface area contributed by atoms with Crippen LogP contribution in [0.25, 0.3) is 0 Å². The second-order valence-corrected chi connectivity index (χ2v) is 5.60. The molecule has 1 aliphatic heterocycles. The van der Waals surface area contributed by atoms with E-state index >= 15 is 0 Å². The highest BCUT2D eigenvalue weighted by molar-refractivity contribution is 5.97. The molecule has 0 unspecified atom stereocenters. The number of ether oxygens (including phenoxy) is 1. The van der Waals surface area contributed by atoms with Gasteiger partial charge in [0.15, 0.2) is 0 Å². The summed E-state index contributed by atoms with van der Waals surface area (Å²) in [5, 5.41) is 0. The molecular formula is C18H17NO. The fraction of sp³-hybridized carbons (Fsp3) is 0.278. The maximum Gasteiger partial charge on any atom is 0.222 e. The summed E-state index contributed by atoms with van der Waals surface area (Å²) in [7, 11) is 0. The molecule has 0 aromatic heterocycles. The summed E-state index contributed by atoms with van der Waals surface area (Å²) < 4.78 is 6.40. The summed E-state index contributed by atoms with van der Waals surface area (Å²) in [6.45, 7) is 0. The van der Waals surface area contributed by atoms with Crippen molar-refractivity contribution in [2.45, 2.75) is 31.3 Å². The highest BCUT2D eigenvalue weighted by atomic mass is 16.5. The number of benzene rings is 2. The van der Waals surface area contributed by atoms with Gasteiger partial charge in [0, 0.05) is 11.1 Å². The molecule has 4 rings (SSSR count). The summed E-state index contributed by atoms with van der Waals surface area (Å²) in [6, 6.07) is 18.6. The van der Waals surface area contributed by atoms with Crippen LogP contribution in [0.4, 0.5) is 5.69 Å². The molecule has 2 aromatic rings. The van der Waals surface area contributed by atoms with Crippen molar-refractivity contribution >= 4 is 11.6 Å². The van der Waals surface area contributed by atoms with Crippen LogP contribution < -0.4 is 0 Å². The summed E-state index contributed by atoms with van der Waals surface area (Å²) in [5.41, 5.74) is 3.24. The van der Waals surface area contributed by atoms with Crippen molar-refractivity contribution in [2.75, 3.05) is 0 Å². The summed E-state index contributed by atoms with van der Waals surface area (Å²) in [6.07, 6.45) is 4.65. The van der Waals surface area contributed by atoms with E-state index in [1.165, 1.54) is 18.4 Å². The van der Waals surface area contributed by atoms with Gasteiger partial charge in [-0.05, 0) is 43.9 Å². The van der Waals surface area contributed by atoms with Crippen LogP contribution in [0.15, 0.2) is 59.6 Å². The molecule has 0 amide bonds. The molecule has 0 N–H and O–H groups in total. The zero-order valence-corrected chi connectivity index (χ0v) is 11.4. The Hall–Kier alpha value is -2.09. The molecule has 1 saturated carbocycles. The minimum absolute atomic E-state index is 0.149. The van der Waals surface area contributed by atoms with E-state index in [9.17, 15) is 0 Å². The lowest BCUT2D eigenvalue weighted by Gasteiger charge is -2.35. The normalized spacial score (nSPS) is 19.3. The Morgan fingerprint density at radius 2 is 1.55 bits per heavy atom. The fourth-order valence-corrected chi connectivity index (χ4v) is 3.35. The first-order valence-electron chi connectivity index (χ1n) is 7.30. The number of rotatable bonds is 1. The molecule has 100 valence electrons. The molecule has 2 aromatic carbocycles. The molecule has 1 heterocycles. The average Bonchev–Trinajstić information content (AvgIpc) is 2.97. The highest BCUT2D eigenvalue weighted by Crippen LogP contribution is 2.48. The zero-order chi connectivity index (χ0) is 13.4. The van der Waals surface area contributed by atoms with E-state index in [0.29, 0.717) is 0 Å². The van der Waals surface area contributed by atoms with Gasteiger partial charge in [-0.25, -0.2) is 4.99 Å². The van der Waals surface area contributed by atoms with Crippen LogP contribution in [0.3, 0.4) is 0 Å². The fourth-order valence-electron chi connectivity index (χ4n) is 3.35. The standard InChI is InChI=1S/C18H17NO/c1-2-8-14(9-3-1)17-19-16-11-5-4-10-15(16)18(20-17)12-6-7-13-18/h1-5,8-11H,6-7,12-13H2. The third-order valence-corrected chi connectivity index (χ3v) is 4.34. The number of fused-ring (bicyclic) bond motifs is 2. The first kappa shape index (κ1) is 11.7. The Kier molecular flexibility index (Phi) is 2.62. The molecule has 20 heavy (non-hydrogen) atoms. The molecule has 1 fully saturated rings. The van der Waals surface area contributed by atoms with Crippen molar-refractivity contribution in [3.05, 3.63) is 65.7 Å². The van der Waals surface area contributed by atoms with Crippen LogP contribution in [-0.4, -0.2) is 5.90 Å². The second kappa shape index (κ2) is 4.48. The van der Waals surface area contributed by atoms with Crippen molar-refractivity contribution < 1.29 is 4.74 Å². The quantitative estimate of drug-likeness (QED) is 0.738. The Labute approximate surface area is 119 Å². The van der Waals surface area contributed by atoms with Crippen molar-refractivity contribution in [1.82, 2.24) is 0 Å². The minimum Gasteiger partial charge on any atom is -0.466 e. The lowest BCUT2D eigenvalue weighted by atomic mass is 9.89. The third-order valence-electron chi connectivity index (χ3n) is 4.34. The molecule has 1 aliphatic carbocycles. The second-order valence-electron chi connectivity index (χ2n) is 5.60. The predicted octanol–water partition coefficient (Wildman–Crippen LogP) is 4.56. The Morgan fingerprint density at radius 3 is 2.35 bits per heavy atom. The van der Waals surface area contributed by atoms with Crippen LogP contribution in [0.5, 0.6) is 0 Å². The van der Waals surface area contributed by atoms with Gasteiger partial charge in [0.2, 0.25) is 5.90 Å². The van der Waals surface area contributed by atoms with Crippen molar-refractivity contribution in [3.8, 4) is 0 Å². The molecular weight excluding hydrogens is 246 g/mol. The highest BCUT2D eigenvalue weighted by Gasteiger charge is 2.42. The summed E-state index contributed by atoms with van der Waals surface area (Å²) in [4.78, 5) is 4.73. The van der Waals surface area contributed by atoms with Gasteiger partial charge in [0.1, 0.15) is 5.60 Å². The molecule has 0 saturated heterocycles. The molecule has 0 bridgehead atoms. The average molecular weight is 263 g/mol. The van der Waals surface area contributed by atoms with E-state index in [-0.39, 0.29) is 5.60 Å². The first-order chi connectivity index (χ1) is 9.87. The van der Waals surface area contributed by atoms with Crippen molar-refractivity contribution in [3.63, 3.8) is 0 Å². The molecule has 2 nitrogen and oxygen atoms in total. The van der Waals surface area contributed by atoms with Gasteiger partial charge in [-0.3, -0.25) is 0 Å². The van der Waals surface area contributed by atoms with Crippen LogP contribution in [-0.2, 0) is 10.3 Å². The number of hydrogen-bond acceptors (Lipinski definition) is 2. The van der Waals surface area contributed by atoms with Gasteiger partial charge in [-0.15, -0.1) is 0 Å². The molecule has 1 spiro atoms. The van der Waals surface area contributed by atoms with E-state index in [1.807, 2.05) is 18.2 Å². The van der Waals surface area contributed by atoms with Gasteiger partial charge in [-0.1, -0.05) is 36.4 Å². The topological polar surface area (TPSA) is 21.6 Å². The largest absolute Gasteiger partial charge is 0.466 e. The van der Waals surface area contributed by atoms with Gasteiger partial charge < -0.3 is 4.74 Å². The van der Waals surface area contributed by atoms with Crippen LogP contribution >= 0.6 is 0 Å². The smallest absolute Gasteiger partial charge is 0.222 e. The Morgan fingerprint density at radius 1 is 0.850 bits per heavy atom. The lowest BCUT2D eigenvalue weighted by Crippen LogP contribution is -2.32. The van der Waals surface area contributed by atoms with Crippen LogP contribution in [0.1, 0.15) is 36.8 Å². The lowest BCUT2D eigenvalue weighted by molar-refractivity contribution is 0.0575. The molecule has 2 aliphatic rings. The summed E-state index contributed by atoms with van der Waals surface area (Å²) in [5.74, 6) is 0.770. The minimum atomic E-state index is -0.149. The number of para-hydroxylation sites is 1. The van der Waals surface area contributed by atoms with Crippen LogP contribution in [0.2, 0.25) is 0 Å². The van der Waals surface area contributed by atoms with E-state index in [2.05, 4.69) is 36.4 Å². The molecule has 2 heteroatoms. The number of hydrogen-bond donors (Lipinski definition) is 0. The maximum absolute atomic E-state index is 6.40.